The van der Waals surface area contributed by atoms with Crippen LogP contribution in [0.3, 0.4) is 0 Å². The maximum absolute atomic E-state index is 13.3. The second-order valence-electron chi connectivity index (χ2n) is 8.20. The van der Waals surface area contributed by atoms with Crippen molar-refractivity contribution in [3.05, 3.63) is 60.2 Å². The SMILES string of the molecule is C[C@H](CO)n1cc(C(=O)c2cncc(NC(=O)Cn3cc(C4CC4)nn3)c2)c2cncnc21. The number of nitrogens with one attached hydrogen (secondary N) is 1. The molecule has 0 spiro atoms. The number of amides is 1. The van der Waals surface area contributed by atoms with E-state index in [1.165, 1.54) is 23.4 Å². The predicted molar refractivity (Wildman–Crippen MR) is 118 cm³/mol. The van der Waals surface area contributed by atoms with Crippen LogP contribution in [0.1, 0.15) is 53.3 Å². The normalized spacial score (nSPS) is 14.4. The van der Waals surface area contributed by atoms with E-state index in [0.717, 1.165) is 18.5 Å². The van der Waals surface area contributed by atoms with Crippen LogP contribution in [0.4, 0.5) is 5.69 Å². The molecule has 1 amide bonds. The first kappa shape index (κ1) is 20.9. The summed E-state index contributed by atoms with van der Waals surface area (Å²) in [4.78, 5) is 38.2. The first-order valence-electron chi connectivity index (χ1n) is 10.6. The van der Waals surface area contributed by atoms with Crippen LogP contribution < -0.4 is 5.32 Å². The fraction of sp³-hybridized carbons (Fsp3) is 0.318. The highest BCUT2D eigenvalue weighted by atomic mass is 16.3. The number of carbonyl (C=O) groups excluding carboxylic acids is 2. The fourth-order valence-corrected chi connectivity index (χ4v) is 3.69. The van der Waals surface area contributed by atoms with Crippen LogP contribution in [0.25, 0.3) is 11.0 Å². The van der Waals surface area contributed by atoms with Crippen LogP contribution in [-0.2, 0) is 11.3 Å². The van der Waals surface area contributed by atoms with Gasteiger partial charge in [-0.25, -0.2) is 14.6 Å². The van der Waals surface area contributed by atoms with E-state index >= 15 is 0 Å². The Hall–Kier alpha value is -3.99. The molecular formula is C22H22N8O3. The number of rotatable bonds is 8. The van der Waals surface area contributed by atoms with Gasteiger partial charge in [0, 0.05) is 41.7 Å². The van der Waals surface area contributed by atoms with Gasteiger partial charge in [-0.3, -0.25) is 14.6 Å². The summed E-state index contributed by atoms with van der Waals surface area (Å²) in [5.41, 5.74) is 2.58. The van der Waals surface area contributed by atoms with Crippen LogP contribution >= 0.6 is 0 Å². The highest BCUT2D eigenvalue weighted by Gasteiger charge is 2.26. The first-order chi connectivity index (χ1) is 16.0. The molecule has 5 rings (SSSR count). The highest BCUT2D eigenvalue weighted by molar-refractivity contribution is 6.16. The predicted octanol–water partition coefficient (Wildman–Crippen LogP) is 1.72. The molecule has 4 aromatic heterocycles. The summed E-state index contributed by atoms with van der Waals surface area (Å²) in [6, 6.07) is 1.32. The van der Waals surface area contributed by atoms with E-state index in [2.05, 4.69) is 30.6 Å². The van der Waals surface area contributed by atoms with E-state index in [0.29, 0.717) is 33.8 Å². The Kier molecular flexibility index (Phi) is 5.38. The van der Waals surface area contributed by atoms with Gasteiger partial charge in [0.15, 0.2) is 5.78 Å². The molecule has 0 saturated heterocycles. The number of aliphatic hydroxyl groups is 1. The lowest BCUT2D eigenvalue weighted by Crippen LogP contribution is -2.19. The Morgan fingerprint density at radius 3 is 2.85 bits per heavy atom. The van der Waals surface area contributed by atoms with E-state index in [1.54, 1.807) is 29.2 Å². The van der Waals surface area contributed by atoms with Crippen molar-refractivity contribution in [2.75, 3.05) is 11.9 Å². The molecule has 0 aromatic carbocycles. The summed E-state index contributed by atoms with van der Waals surface area (Å²) in [6.07, 6.45) is 11.6. The minimum Gasteiger partial charge on any atom is -0.394 e. The van der Waals surface area contributed by atoms with Crippen molar-refractivity contribution < 1.29 is 14.7 Å². The van der Waals surface area contributed by atoms with Gasteiger partial charge in [-0.05, 0) is 25.8 Å². The molecule has 0 bridgehead atoms. The second-order valence-corrected chi connectivity index (χ2v) is 8.20. The number of pyridine rings is 1. The van der Waals surface area contributed by atoms with Crippen molar-refractivity contribution in [1.29, 1.82) is 0 Å². The average Bonchev–Trinajstić information content (AvgIpc) is 3.46. The number of aliphatic hydroxyl groups excluding tert-OH is 1. The lowest BCUT2D eigenvalue weighted by Gasteiger charge is -2.10. The zero-order chi connectivity index (χ0) is 22.9. The molecule has 4 aromatic rings. The third-order valence-corrected chi connectivity index (χ3v) is 5.62. The number of aromatic nitrogens is 7. The van der Waals surface area contributed by atoms with E-state index in [-0.39, 0.29) is 30.9 Å². The number of ketones is 1. The molecule has 11 nitrogen and oxygen atoms in total. The molecule has 1 atom stereocenters. The Morgan fingerprint density at radius 1 is 1.21 bits per heavy atom. The summed E-state index contributed by atoms with van der Waals surface area (Å²) in [7, 11) is 0. The van der Waals surface area contributed by atoms with Gasteiger partial charge < -0.3 is 15.0 Å². The van der Waals surface area contributed by atoms with Crippen molar-refractivity contribution in [2.24, 2.45) is 0 Å². The first-order valence-corrected chi connectivity index (χ1v) is 10.6. The van der Waals surface area contributed by atoms with Crippen molar-refractivity contribution in [1.82, 2.24) is 34.5 Å². The number of carbonyl (C=O) groups is 2. The maximum Gasteiger partial charge on any atom is 0.246 e. The number of fused-ring (bicyclic) bond motifs is 1. The van der Waals surface area contributed by atoms with Gasteiger partial charge in [-0.1, -0.05) is 5.21 Å². The zero-order valence-electron chi connectivity index (χ0n) is 17.9. The number of nitrogens with zero attached hydrogens (tertiary/aromatic N) is 7. The third kappa shape index (κ3) is 4.22. The molecule has 0 radical (unpaired) electrons. The van der Waals surface area contributed by atoms with Gasteiger partial charge >= 0.3 is 0 Å². The van der Waals surface area contributed by atoms with Crippen molar-refractivity contribution in [3.8, 4) is 0 Å². The topological polar surface area (TPSA) is 141 Å². The summed E-state index contributed by atoms with van der Waals surface area (Å²) >= 11 is 0. The molecule has 0 aliphatic heterocycles. The molecule has 4 heterocycles. The molecule has 1 aliphatic carbocycles. The quantitative estimate of drug-likeness (QED) is 0.390. The number of hydrogen-bond donors (Lipinski definition) is 2. The molecule has 168 valence electrons. The van der Waals surface area contributed by atoms with E-state index in [4.69, 9.17) is 0 Å². The van der Waals surface area contributed by atoms with Crippen LogP contribution in [0.2, 0.25) is 0 Å². The second kappa shape index (κ2) is 8.51. The molecule has 1 fully saturated rings. The Bertz CT molecular complexity index is 1340. The lowest BCUT2D eigenvalue weighted by molar-refractivity contribution is -0.116. The molecule has 11 heteroatoms. The van der Waals surface area contributed by atoms with Gasteiger partial charge in [0.1, 0.15) is 18.5 Å². The largest absolute Gasteiger partial charge is 0.394 e. The molecule has 33 heavy (non-hydrogen) atoms. The Morgan fingerprint density at radius 2 is 2.06 bits per heavy atom. The van der Waals surface area contributed by atoms with E-state index in [1.807, 2.05) is 6.92 Å². The van der Waals surface area contributed by atoms with Gasteiger partial charge in [-0.2, -0.15) is 0 Å². The Labute approximate surface area is 188 Å². The molecule has 0 unspecified atom stereocenters. The smallest absolute Gasteiger partial charge is 0.246 e. The summed E-state index contributed by atoms with van der Waals surface area (Å²) in [5.74, 6) is -0.117. The maximum atomic E-state index is 13.3. The van der Waals surface area contributed by atoms with E-state index in [9.17, 15) is 14.7 Å². The summed E-state index contributed by atoms with van der Waals surface area (Å²) in [5, 5.41) is 21.0. The van der Waals surface area contributed by atoms with Crippen LogP contribution in [0.5, 0.6) is 0 Å². The lowest BCUT2D eigenvalue weighted by atomic mass is 10.1. The molecule has 2 N–H and O–H groups in total. The monoisotopic (exact) mass is 446 g/mol. The molecule has 1 saturated carbocycles. The zero-order valence-corrected chi connectivity index (χ0v) is 17.9. The summed E-state index contributed by atoms with van der Waals surface area (Å²) < 4.78 is 3.25. The van der Waals surface area contributed by atoms with Gasteiger partial charge in [-0.15, -0.1) is 5.10 Å². The third-order valence-electron chi connectivity index (χ3n) is 5.62. The molecule has 1 aliphatic rings. The molecular weight excluding hydrogens is 424 g/mol. The van der Waals surface area contributed by atoms with Crippen LogP contribution in [0.15, 0.2) is 43.4 Å². The highest BCUT2D eigenvalue weighted by Crippen LogP contribution is 2.38. The van der Waals surface area contributed by atoms with Crippen LogP contribution in [-0.4, -0.2) is 57.9 Å². The van der Waals surface area contributed by atoms with Crippen molar-refractivity contribution in [2.45, 2.75) is 38.3 Å². The summed E-state index contributed by atoms with van der Waals surface area (Å²) in [6.45, 7) is 1.75. The van der Waals surface area contributed by atoms with Gasteiger partial charge in [0.05, 0.1) is 35.8 Å². The number of hydrogen-bond acceptors (Lipinski definition) is 8. The van der Waals surface area contributed by atoms with E-state index < -0.39 is 0 Å². The average molecular weight is 446 g/mol. The minimum absolute atomic E-state index is 0.0156. The van der Waals surface area contributed by atoms with Crippen molar-refractivity contribution in [3.63, 3.8) is 0 Å². The fourth-order valence-electron chi connectivity index (χ4n) is 3.69. The van der Waals surface area contributed by atoms with Gasteiger partial charge in [0.2, 0.25) is 5.91 Å². The Balaban J connectivity index is 1.35. The van der Waals surface area contributed by atoms with Crippen molar-refractivity contribution >= 4 is 28.4 Å². The minimum atomic E-state index is -0.296. The number of anilines is 1. The van der Waals surface area contributed by atoms with Crippen LogP contribution in [0, 0.1) is 0 Å². The van der Waals surface area contributed by atoms with Gasteiger partial charge in [0.25, 0.3) is 0 Å². The standard InChI is InChI=1S/C22H22N8O3/c1-13(11-31)30-8-18(17-7-24-12-25-22(17)30)21(33)15-4-16(6-23-5-15)26-20(32)10-29-9-19(27-28-29)14-2-3-14/h4-9,12-14,31H,2-3,10-11H2,1H3,(H,26,32)/t13-/m1/s1.